The Bertz CT molecular complexity index is 718. The monoisotopic (exact) mass is 346 g/mol. The summed E-state index contributed by atoms with van der Waals surface area (Å²) in [6, 6.07) is 7.04. The van der Waals surface area contributed by atoms with Crippen LogP contribution in [0.1, 0.15) is 40.8 Å². The normalized spacial score (nSPS) is 18.8. The number of aromatic nitrogens is 2. The molecule has 24 heavy (non-hydrogen) atoms. The van der Waals surface area contributed by atoms with E-state index in [4.69, 9.17) is 16.1 Å². The fourth-order valence-corrected chi connectivity index (χ4v) is 3.04. The highest BCUT2D eigenvalue weighted by atomic mass is 35.5. The molecule has 0 atom stereocenters. The maximum Gasteiger partial charge on any atom is 0.253 e. The maximum absolute atomic E-state index is 12.5. The number of rotatable bonds is 4. The van der Waals surface area contributed by atoms with Gasteiger partial charge in [0, 0.05) is 42.7 Å². The Morgan fingerprint density at radius 3 is 2.54 bits per heavy atom. The van der Waals surface area contributed by atoms with Gasteiger partial charge >= 0.3 is 0 Å². The van der Waals surface area contributed by atoms with E-state index in [1.807, 2.05) is 4.90 Å². The van der Waals surface area contributed by atoms with Crippen molar-refractivity contribution in [2.75, 3.05) is 26.2 Å². The molecule has 1 aromatic carbocycles. The first-order valence-corrected chi connectivity index (χ1v) is 8.66. The van der Waals surface area contributed by atoms with Crippen LogP contribution in [-0.2, 0) is 6.54 Å². The molecular weight excluding hydrogens is 328 g/mol. The lowest BCUT2D eigenvalue weighted by Crippen LogP contribution is -2.48. The molecule has 0 N–H and O–H groups in total. The van der Waals surface area contributed by atoms with Gasteiger partial charge in [-0.3, -0.25) is 9.69 Å². The number of carbonyl (C=O) groups is 1. The average Bonchev–Trinajstić information content (AvgIpc) is 3.36. The van der Waals surface area contributed by atoms with E-state index in [2.05, 4.69) is 15.0 Å². The molecule has 2 fully saturated rings. The summed E-state index contributed by atoms with van der Waals surface area (Å²) in [5.41, 5.74) is 0.681. The molecule has 7 heteroatoms. The van der Waals surface area contributed by atoms with E-state index in [0.29, 0.717) is 36.1 Å². The molecule has 6 nitrogen and oxygen atoms in total. The Hall–Kier alpha value is -1.92. The summed E-state index contributed by atoms with van der Waals surface area (Å²) in [7, 11) is 0. The molecule has 1 amide bonds. The highest BCUT2D eigenvalue weighted by Crippen LogP contribution is 2.38. The van der Waals surface area contributed by atoms with Gasteiger partial charge in [0.1, 0.15) is 0 Å². The minimum Gasteiger partial charge on any atom is -0.339 e. The van der Waals surface area contributed by atoms with Crippen molar-refractivity contribution >= 4 is 17.5 Å². The molecule has 1 aliphatic carbocycles. The van der Waals surface area contributed by atoms with Crippen molar-refractivity contribution in [2.24, 2.45) is 0 Å². The van der Waals surface area contributed by atoms with E-state index in [-0.39, 0.29) is 5.91 Å². The predicted octanol–water partition coefficient (Wildman–Crippen LogP) is 2.56. The van der Waals surface area contributed by atoms with Gasteiger partial charge in [-0.2, -0.15) is 4.98 Å². The van der Waals surface area contributed by atoms with Crippen LogP contribution in [0.5, 0.6) is 0 Å². The van der Waals surface area contributed by atoms with Gasteiger partial charge in [0.15, 0.2) is 5.82 Å². The first-order chi connectivity index (χ1) is 11.7. The number of nitrogens with zero attached hydrogens (tertiary/aromatic N) is 4. The summed E-state index contributed by atoms with van der Waals surface area (Å²) >= 11 is 5.87. The third kappa shape index (κ3) is 3.44. The third-order valence-electron chi connectivity index (χ3n) is 4.53. The maximum atomic E-state index is 12.5. The molecule has 0 spiro atoms. The Labute approximate surface area is 145 Å². The molecule has 2 aliphatic rings. The number of halogens is 1. The van der Waals surface area contributed by atoms with Crippen LogP contribution in [0.3, 0.4) is 0 Å². The Morgan fingerprint density at radius 1 is 1.17 bits per heavy atom. The summed E-state index contributed by atoms with van der Waals surface area (Å²) in [6.07, 6.45) is 2.32. The Balaban J connectivity index is 1.30. The highest BCUT2D eigenvalue weighted by molar-refractivity contribution is 6.30. The lowest BCUT2D eigenvalue weighted by atomic mass is 10.2. The fraction of sp³-hybridized carbons (Fsp3) is 0.471. The van der Waals surface area contributed by atoms with Crippen LogP contribution in [0.2, 0.25) is 5.02 Å². The van der Waals surface area contributed by atoms with Crippen molar-refractivity contribution in [1.82, 2.24) is 19.9 Å². The van der Waals surface area contributed by atoms with Gasteiger partial charge in [0.25, 0.3) is 5.91 Å². The molecule has 1 saturated carbocycles. The van der Waals surface area contributed by atoms with E-state index >= 15 is 0 Å². The summed E-state index contributed by atoms with van der Waals surface area (Å²) in [4.78, 5) is 21.1. The molecule has 0 radical (unpaired) electrons. The Kier molecular flexibility index (Phi) is 4.24. The van der Waals surface area contributed by atoms with Crippen molar-refractivity contribution < 1.29 is 9.32 Å². The van der Waals surface area contributed by atoms with Gasteiger partial charge in [-0.05, 0) is 37.1 Å². The molecule has 1 saturated heterocycles. The summed E-state index contributed by atoms with van der Waals surface area (Å²) < 4.78 is 5.29. The second-order valence-electron chi connectivity index (χ2n) is 6.40. The molecule has 2 heterocycles. The topological polar surface area (TPSA) is 62.5 Å². The zero-order valence-electron chi connectivity index (χ0n) is 13.3. The molecule has 2 aromatic rings. The SMILES string of the molecule is O=C(c1ccc(Cl)cc1)N1CCN(Cc2noc(C3CC3)n2)CC1. The van der Waals surface area contributed by atoms with E-state index < -0.39 is 0 Å². The zero-order chi connectivity index (χ0) is 16.5. The highest BCUT2D eigenvalue weighted by Gasteiger charge is 2.30. The lowest BCUT2D eigenvalue weighted by molar-refractivity contribution is 0.0624. The van der Waals surface area contributed by atoms with Crippen LogP contribution >= 0.6 is 11.6 Å². The number of amides is 1. The standard InChI is InChI=1S/C17H19ClN4O2/c18-14-5-3-13(4-6-14)17(23)22-9-7-21(8-10-22)11-15-19-16(24-20-15)12-1-2-12/h3-6,12H,1-2,7-11H2. The van der Waals surface area contributed by atoms with Crippen LogP contribution in [0.4, 0.5) is 0 Å². The molecule has 1 aromatic heterocycles. The number of benzene rings is 1. The van der Waals surface area contributed by atoms with Gasteiger partial charge in [-0.15, -0.1) is 0 Å². The summed E-state index contributed by atoms with van der Waals surface area (Å²) in [5.74, 6) is 2.07. The average molecular weight is 347 g/mol. The first-order valence-electron chi connectivity index (χ1n) is 8.29. The molecule has 0 bridgehead atoms. The van der Waals surface area contributed by atoms with Crippen LogP contribution < -0.4 is 0 Å². The molecule has 126 valence electrons. The van der Waals surface area contributed by atoms with Crippen molar-refractivity contribution in [1.29, 1.82) is 0 Å². The number of piperazine rings is 1. The molecule has 1 aliphatic heterocycles. The molecular formula is C17H19ClN4O2. The van der Waals surface area contributed by atoms with Gasteiger partial charge < -0.3 is 9.42 Å². The fourth-order valence-electron chi connectivity index (χ4n) is 2.91. The van der Waals surface area contributed by atoms with Crippen molar-refractivity contribution in [3.05, 3.63) is 46.6 Å². The number of carbonyl (C=O) groups excluding carboxylic acids is 1. The lowest BCUT2D eigenvalue weighted by Gasteiger charge is -2.34. The van der Waals surface area contributed by atoms with Gasteiger partial charge in [-0.25, -0.2) is 0 Å². The summed E-state index contributed by atoms with van der Waals surface area (Å²) in [6.45, 7) is 3.71. The van der Waals surface area contributed by atoms with E-state index in [9.17, 15) is 4.79 Å². The van der Waals surface area contributed by atoms with Crippen LogP contribution in [-0.4, -0.2) is 52.0 Å². The summed E-state index contributed by atoms with van der Waals surface area (Å²) in [5, 5.41) is 4.70. The second-order valence-corrected chi connectivity index (χ2v) is 6.83. The number of hydrogen-bond acceptors (Lipinski definition) is 5. The third-order valence-corrected chi connectivity index (χ3v) is 4.78. The van der Waals surface area contributed by atoms with E-state index in [1.54, 1.807) is 24.3 Å². The smallest absolute Gasteiger partial charge is 0.253 e. The van der Waals surface area contributed by atoms with Crippen LogP contribution in [0, 0.1) is 0 Å². The predicted molar refractivity (Wildman–Crippen MR) is 88.9 cm³/mol. The minimum atomic E-state index is 0.0573. The van der Waals surface area contributed by atoms with Gasteiger partial charge in [0.2, 0.25) is 5.89 Å². The largest absolute Gasteiger partial charge is 0.339 e. The zero-order valence-corrected chi connectivity index (χ0v) is 14.1. The van der Waals surface area contributed by atoms with Crippen molar-refractivity contribution in [2.45, 2.75) is 25.3 Å². The van der Waals surface area contributed by atoms with Crippen LogP contribution in [0.15, 0.2) is 28.8 Å². The Morgan fingerprint density at radius 2 is 1.88 bits per heavy atom. The van der Waals surface area contributed by atoms with Gasteiger partial charge in [0.05, 0.1) is 6.54 Å². The van der Waals surface area contributed by atoms with Gasteiger partial charge in [-0.1, -0.05) is 16.8 Å². The van der Waals surface area contributed by atoms with E-state index in [0.717, 1.165) is 37.6 Å². The first kappa shape index (κ1) is 15.6. The van der Waals surface area contributed by atoms with Crippen LogP contribution in [0.25, 0.3) is 0 Å². The van der Waals surface area contributed by atoms with Crippen molar-refractivity contribution in [3.8, 4) is 0 Å². The number of hydrogen-bond donors (Lipinski definition) is 0. The van der Waals surface area contributed by atoms with Crippen molar-refractivity contribution in [3.63, 3.8) is 0 Å². The molecule has 0 unspecified atom stereocenters. The second kappa shape index (κ2) is 6.53. The molecule has 4 rings (SSSR count). The minimum absolute atomic E-state index is 0.0573. The van der Waals surface area contributed by atoms with E-state index in [1.165, 1.54) is 0 Å². The quantitative estimate of drug-likeness (QED) is 0.851.